The molecule has 0 spiro atoms. The second-order valence-electron chi connectivity index (χ2n) is 10.9. The van der Waals surface area contributed by atoms with Gasteiger partial charge in [-0.15, -0.1) is 0 Å². The fourth-order valence-corrected chi connectivity index (χ4v) is 5.93. The average molecular weight is 590 g/mol. The number of halogens is 1. The van der Waals surface area contributed by atoms with Gasteiger partial charge >= 0.3 is 0 Å². The number of benzene rings is 3. The number of piperidine rings is 1. The lowest BCUT2D eigenvalue weighted by Gasteiger charge is -2.47. The van der Waals surface area contributed by atoms with Crippen molar-refractivity contribution in [2.45, 2.75) is 31.0 Å². The van der Waals surface area contributed by atoms with Crippen LogP contribution < -0.4 is 15.4 Å². The van der Waals surface area contributed by atoms with E-state index in [1.807, 2.05) is 42.3 Å². The standard InChI is InChI=1S/C32H36FN5O3S/c1-36-18-16-32(17-19-36,30(40)34-25-12-14-26(41-2)15-13-25)38(20-24-10-6-7-11-27(24)33)29(39)22-37-21-28(35-31(37)42)23-8-4-3-5-9-23/h3-15,28H,16-22H2,1-2H3,(H,34,40)(H,35,42)/t28-/m1/s1. The maximum absolute atomic E-state index is 15.0. The van der Waals surface area contributed by atoms with Crippen LogP contribution in [0.4, 0.5) is 10.1 Å². The maximum Gasteiger partial charge on any atom is 0.250 e. The average Bonchev–Trinajstić information content (AvgIpc) is 3.37. The number of anilines is 1. The smallest absolute Gasteiger partial charge is 0.250 e. The molecule has 0 aliphatic carbocycles. The van der Waals surface area contributed by atoms with Crippen LogP contribution in [-0.2, 0) is 16.1 Å². The van der Waals surface area contributed by atoms with E-state index in [0.717, 1.165) is 5.56 Å². The van der Waals surface area contributed by atoms with Crippen molar-refractivity contribution in [2.24, 2.45) is 0 Å². The van der Waals surface area contributed by atoms with E-state index < -0.39 is 11.4 Å². The number of carbonyl (C=O) groups is 2. The van der Waals surface area contributed by atoms with E-state index >= 15 is 0 Å². The minimum atomic E-state index is -1.20. The Morgan fingerprint density at radius 3 is 2.38 bits per heavy atom. The van der Waals surface area contributed by atoms with E-state index in [1.165, 1.54) is 6.07 Å². The van der Waals surface area contributed by atoms with Crippen LogP contribution in [0.1, 0.15) is 30.0 Å². The molecule has 220 valence electrons. The lowest BCUT2D eigenvalue weighted by Crippen LogP contribution is -2.64. The molecule has 2 N–H and O–H groups in total. The third kappa shape index (κ3) is 6.39. The predicted octanol–water partition coefficient (Wildman–Crippen LogP) is 4.20. The Kier molecular flexibility index (Phi) is 9.03. The first-order valence-electron chi connectivity index (χ1n) is 14.1. The minimum absolute atomic E-state index is 0.0307. The highest BCUT2D eigenvalue weighted by Crippen LogP contribution is 2.33. The van der Waals surface area contributed by atoms with Crippen LogP contribution in [-0.4, -0.2) is 77.5 Å². The van der Waals surface area contributed by atoms with Crippen LogP contribution in [0.3, 0.4) is 0 Å². The summed E-state index contributed by atoms with van der Waals surface area (Å²) in [5.41, 5.74) is 0.821. The number of amides is 2. The lowest BCUT2D eigenvalue weighted by molar-refractivity contribution is -0.150. The Morgan fingerprint density at radius 1 is 1.05 bits per heavy atom. The largest absolute Gasteiger partial charge is 0.497 e. The summed E-state index contributed by atoms with van der Waals surface area (Å²) in [6.45, 7) is 1.65. The molecule has 42 heavy (non-hydrogen) atoms. The highest BCUT2D eigenvalue weighted by Gasteiger charge is 2.48. The highest BCUT2D eigenvalue weighted by molar-refractivity contribution is 7.80. The van der Waals surface area contributed by atoms with Gasteiger partial charge in [0.1, 0.15) is 17.1 Å². The number of nitrogens with one attached hydrogen (secondary N) is 2. The number of hydrogen-bond acceptors (Lipinski definition) is 5. The number of thiocarbonyl (C=S) groups is 1. The van der Waals surface area contributed by atoms with Gasteiger partial charge in [0.15, 0.2) is 5.11 Å². The number of methoxy groups -OCH3 is 1. The molecule has 2 aliphatic rings. The zero-order valence-corrected chi connectivity index (χ0v) is 24.7. The summed E-state index contributed by atoms with van der Waals surface area (Å²) in [6, 6.07) is 23.3. The summed E-state index contributed by atoms with van der Waals surface area (Å²) in [5, 5.41) is 6.82. The number of ether oxygens (including phenoxy) is 1. The van der Waals surface area contributed by atoms with E-state index in [4.69, 9.17) is 17.0 Å². The lowest BCUT2D eigenvalue weighted by atomic mass is 9.83. The number of nitrogens with zero attached hydrogens (tertiary/aromatic N) is 3. The molecular weight excluding hydrogens is 553 g/mol. The SMILES string of the molecule is COc1ccc(NC(=O)C2(N(Cc3ccccc3F)C(=O)CN3C[C@H](c4ccccc4)NC3=S)CCN(C)CC2)cc1. The van der Waals surface area contributed by atoms with Crippen molar-refractivity contribution in [1.82, 2.24) is 20.0 Å². The Balaban J connectivity index is 1.45. The van der Waals surface area contributed by atoms with Crippen molar-refractivity contribution < 1.29 is 18.7 Å². The van der Waals surface area contributed by atoms with Crippen molar-refractivity contribution in [3.63, 3.8) is 0 Å². The normalized spacial score (nSPS) is 18.3. The maximum atomic E-state index is 15.0. The number of carbonyl (C=O) groups excluding carboxylic acids is 2. The zero-order chi connectivity index (χ0) is 29.7. The third-order valence-electron chi connectivity index (χ3n) is 8.20. The minimum Gasteiger partial charge on any atom is -0.497 e. The molecule has 5 rings (SSSR count). The molecule has 2 amide bonds. The number of likely N-dealkylation sites (tertiary alicyclic amines) is 1. The molecule has 10 heteroatoms. The molecule has 0 radical (unpaired) electrons. The van der Waals surface area contributed by atoms with Gasteiger partial charge in [0.2, 0.25) is 11.8 Å². The predicted molar refractivity (Wildman–Crippen MR) is 165 cm³/mol. The molecule has 0 aromatic heterocycles. The summed E-state index contributed by atoms with van der Waals surface area (Å²) in [4.78, 5) is 34.0. The third-order valence-corrected chi connectivity index (χ3v) is 8.58. The van der Waals surface area contributed by atoms with Crippen LogP contribution in [0.25, 0.3) is 0 Å². The van der Waals surface area contributed by atoms with Gasteiger partial charge in [0.05, 0.1) is 19.7 Å². The van der Waals surface area contributed by atoms with E-state index in [9.17, 15) is 14.0 Å². The molecule has 0 unspecified atom stereocenters. The number of hydrogen-bond donors (Lipinski definition) is 2. The van der Waals surface area contributed by atoms with Crippen molar-refractivity contribution in [3.8, 4) is 5.75 Å². The van der Waals surface area contributed by atoms with Crippen LogP contribution in [0, 0.1) is 5.82 Å². The van der Waals surface area contributed by atoms with Crippen LogP contribution in [0.5, 0.6) is 5.75 Å². The molecule has 8 nitrogen and oxygen atoms in total. The van der Waals surface area contributed by atoms with Crippen molar-refractivity contribution in [3.05, 3.63) is 95.8 Å². The summed E-state index contributed by atoms with van der Waals surface area (Å²) in [6.07, 6.45) is 0.808. The van der Waals surface area contributed by atoms with Crippen LogP contribution in [0.15, 0.2) is 78.9 Å². The second-order valence-corrected chi connectivity index (χ2v) is 11.3. The monoisotopic (exact) mass is 589 g/mol. The van der Waals surface area contributed by atoms with Gasteiger partial charge in [-0.05, 0) is 68.0 Å². The second kappa shape index (κ2) is 12.9. The summed E-state index contributed by atoms with van der Waals surface area (Å²) >= 11 is 5.62. The quantitative estimate of drug-likeness (QED) is 0.363. The fraction of sp³-hybridized carbons (Fsp3) is 0.344. The summed E-state index contributed by atoms with van der Waals surface area (Å²) in [7, 11) is 3.57. The van der Waals surface area contributed by atoms with Crippen LogP contribution in [0.2, 0.25) is 0 Å². The van der Waals surface area contributed by atoms with Gasteiger partial charge in [-0.3, -0.25) is 9.59 Å². The van der Waals surface area contributed by atoms with Crippen molar-refractivity contribution in [1.29, 1.82) is 0 Å². The van der Waals surface area contributed by atoms with Gasteiger partial charge in [-0.25, -0.2) is 4.39 Å². The Morgan fingerprint density at radius 2 is 1.71 bits per heavy atom. The zero-order valence-electron chi connectivity index (χ0n) is 23.9. The molecule has 3 aromatic rings. The highest BCUT2D eigenvalue weighted by atomic mass is 32.1. The van der Waals surface area contributed by atoms with E-state index in [-0.39, 0.29) is 30.9 Å². The Bertz CT molecular complexity index is 1410. The van der Waals surface area contributed by atoms with Gasteiger partial charge in [0.25, 0.3) is 0 Å². The first-order chi connectivity index (χ1) is 20.3. The molecule has 3 aromatic carbocycles. The van der Waals surface area contributed by atoms with E-state index in [2.05, 4.69) is 15.5 Å². The van der Waals surface area contributed by atoms with Gasteiger partial charge in [-0.2, -0.15) is 0 Å². The van der Waals surface area contributed by atoms with Gasteiger partial charge < -0.3 is 30.1 Å². The molecule has 2 heterocycles. The molecule has 0 bridgehead atoms. The molecule has 0 saturated carbocycles. The molecular formula is C32H36FN5O3S. The Hall–Kier alpha value is -4.02. The molecule has 1 atom stereocenters. The topological polar surface area (TPSA) is 77.1 Å². The van der Waals surface area contributed by atoms with Crippen molar-refractivity contribution >= 4 is 34.8 Å². The summed E-state index contributed by atoms with van der Waals surface area (Å²) in [5.74, 6) is -0.334. The first kappa shape index (κ1) is 29.5. The van der Waals surface area contributed by atoms with Crippen molar-refractivity contribution in [2.75, 3.05) is 45.7 Å². The molecule has 2 saturated heterocycles. The Labute approximate surface area is 251 Å². The van der Waals surface area contributed by atoms with Gasteiger partial charge in [-0.1, -0.05) is 48.5 Å². The summed E-state index contributed by atoms with van der Waals surface area (Å²) < 4.78 is 20.2. The molecule has 2 aliphatic heterocycles. The van der Waals surface area contributed by atoms with Crippen LogP contribution >= 0.6 is 12.2 Å². The number of rotatable bonds is 9. The fourth-order valence-electron chi connectivity index (χ4n) is 5.65. The van der Waals surface area contributed by atoms with Gasteiger partial charge in [0, 0.05) is 37.4 Å². The van der Waals surface area contributed by atoms with E-state index in [1.54, 1.807) is 54.5 Å². The first-order valence-corrected chi connectivity index (χ1v) is 14.5. The van der Waals surface area contributed by atoms with E-state index in [0.29, 0.717) is 54.6 Å². The molecule has 2 fully saturated rings.